The molecule has 19 heavy (non-hydrogen) atoms. The molecule has 0 saturated carbocycles. The maximum atomic E-state index is 2.33. The minimum absolute atomic E-state index is 0.211. The zero-order chi connectivity index (χ0) is 13.6. The summed E-state index contributed by atoms with van der Waals surface area (Å²) < 4.78 is 2.82. The number of benzene rings is 2. The first-order chi connectivity index (χ1) is 9.02. The lowest BCUT2D eigenvalue weighted by molar-refractivity contribution is 0.585. The number of aryl methyl sites for hydroxylation is 1. The largest absolute Gasteiger partial charge is 0.135 e. The molecule has 1 heteroatoms. The van der Waals surface area contributed by atoms with Gasteiger partial charge in [-0.15, -0.1) is 11.3 Å². The van der Waals surface area contributed by atoms with Crippen LogP contribution in [0.1, 0.15) is 38.8 Å². The predicted molar refractivity (Wildman–Crippen MR) is 87.4 cm³/mol. The minimum atomic E-state index is 0.211. The van der Waals surface area contributed by atoms with Crippen LogP contribution in [-0.2, 0) is 11.8 Å². The lowest BCUT2D eigenvalue weighted by Gasteiger charge is -2.23. The van der Waals surface area contributed by atoms with Crippen molar-refractivity contribution in [1.82, 2.24) is 0 Å². The molecule has 2 aromatic carbocycles. The Morgan fingerprint density at radius 1 is 0.947 bits per heavy atom. The van der Waals surface area contributed by atoms with Crippen molar-refractivity contribution in [3.63, 3.8) is 0 Å². The first kappa shape index (κ1) is 12.7. The van der Waals surface area contributed by atoms with Crippen LogP contribution in [0.25, 0.3) is 20.2 Å². The summed E-state index contributed by atoms with van der Waals surface area (Å²) in [6.07, 6.45) is 1.10. The highest BCUT2D eigenvalue weighted by molar-refractivity contribution is 7.25. The first-order valence-electron chi connectivity index (χ1n) is 6.96. The molecule has 0 nitrogen and oxygen atoms in total. The number of rotatable bonds is 1. The summed E-state index contributed by atoms with van der Waals surface area (Å²) in [6, 6.07) is 13.4. The standard InChI is InChI=1S/C18H20S/c1-5-12-14(18(2,3)4)10-11-16-17(12)13-8-6-7-9-15(13)19-16/h6-11H,5H2,1-4H3. The van der Waals surface area contributed by atoms with Crippen molar-refractivity contribution in [1.29, 1.82) is 0 Å². The van der Waals surface area contributed by atoms with Gasteiger partial charge in [-0.25, -0.2) is 0 Å². The third-order valence-corrected chi connectivity index (χ3v) is 4.95. The molecule has 0 spiro atoms. The van der Waals surface area contributed by atoms with E-state index in [1.165, 1.54) is 31.3 Å². The fourth-order valence-electron chi connectivity index (χ4n) is 2.96. The molecule has 0 amide bonds. The second-order valence-electron chi connectivity index (χ2n) is 6.17. The summed E-state index contributed by atoms with van der Waals surface area (Å²) in [6.45, 7) is 9.20. The van der Waals surface area contributed by atoms with Crippen molar-refractivity contribution in [2.75, 3.05) is 0 Å². The molecule has 0 unspecified atom stereocenters. The van der Waals surface area contributed by atoms with Crippen LogP contribution in [0.3, 0.4) is 0 Å². The molecule has 1 heterocycles. The topological polar surface area (TPSA) is 0 Å². The number of hydrogen-bond donors (Lipinski definition) is 0. The Labute approximate surface area is 119 Å². The molecule has 3 aromatic rings. The van der Waals surface area contributed by atoms with Crippen LogP contribution < -0.4 is 0 Å². The third kappa shape index (κ3) is 1.97. The molecule has 0 fully saturated rings. The summed E-state index contributed by atoms with van der Waals surface area (Å²) in [5.74, 6) is 0. The molecular formula is C18H20S. The Morgan fingerprint density at radius 3 is 2.37 bits per heavy atom. The van der Waals surface area contributed by atoms with E-state index >= 15 is 0 Å². The molecule has 1 aromatic heterocycles. The second kappa shape index (κ2) is 4.35. The second-order valence-corrected chi connectivity index (χ2v) is 7.25. The van der Waals surface area contributed by atoms with Crippen LogP contribution in [0, 0.1) is 0 Å². The van der Waals surface area contributed by atoms with Crippen molar-refractivity contribution in [2.45, 2.75) is 39.5 Å². The van der Waals surface area contributed by atoms with Gasteiger partial charge in [0.15, 0.2) is 0 Å². The van der Waals surface area contributed by atoms with Gasteiger partial charge in [0, 0.05) is 20.2 Å². The highest BCUT2D eigenvalue weighted by Gasteiger charge is 2.20. The third-order valence-electron chi connectivity index (χ3n) is 3.81. The summed E-state index contributed by atoms with van der Waals surface area (Å²) in [4.78, 5) is 0. The molecule has 0 aliphatic heterocycles. The van der Waals surface area contributed by atoms with Gasteiger partial charge in [-0.3, -0.25) is 0 Å². The van der Waals surface area contributed by atoms with E-state index in [4.69, 9.17) is 0 Å². The van der Waals surface area contributed by atoms with Crippen molar-refractivity contribution in [2.24, 2.45) is 0 Å². The predicted octanol–water partition coefficient (Wildman–Crippen LogP) is 5.91. The highest BCUT2D eigenvalue weighted by Crippen LogP contribution is 2.40. The molecule has 3 rings (SSSR count). The van der Waals surface area contributed by atoms with Crippen molar-refractivity contribution >= 4 is 31.5 Å². The fourth-order valence-corrected chi connectivity index (χ4v) is 4.09. The first-order valence-corrected chi connectivity index (χ1v) is 7.77. The number of hydrogen-bond acceptors (Lipinski definition) is 1. The van der Waals surface area contributed by atoms with Gasteiger partial charge < -0.3 is 0 Å². The smallest absolute Gasteiger partial charge is 0.0358 e. The van der Waals surface area contributed by atoms with Gasteiger partial charge in [-0.2, -0.15) is 0 Å². The molecule has 98 valence electrons. The Hall–Kier alpha value is -1.34. The maximum Gasteiger partial charge on any atom is 0.0358 e. The van der Waals surface area contributed by atoms with E-state index in [1.807, 2.05) is 11.3 Å². The van der Waals surface area contributed by atoms with E-state index in [-0.39, 0.29) is 5.41 Å². The Morgan fingerprint density at radius 2 is 1.68 bits per heavy atom. The molecule has 0 N–H and O–H groups in total. The maximum absolute atomic E-state index is 2.33. The monoisotopic (exact) mass is 268 g/mol. The molecular weight excluding hydrogens is 248 g/mol. The van der Waals surface area contributed by atoms with Crippen LogP contribution in [0.4, 0.5) is 0 Å². The van der Waals surface area contributed by atoms with Gasteiger partial charge in [0.05, 0.1) is 0 Å². The SMILES string of the molecule is CCc1c(C(C)(C)C)ccc2sc3ccccc3c12. The zero-order valence-corrected chi connectivity index (χ0v) is 12.9. The van der Waals surface area contributed by atoms with Crippen LogP contribution in [0.5, 0.6) is 0 Å². The van der Waals surface area contributed by atoms with E-state index in [0.717, 1.165) is 6.42 Å². The van der Waals surface area contributed by atoms with E-state index in [0.29, 0.717) is 0 Å². The van der Waals surface area contributed by atoms with Crippen LogP contribution in [0.15, 0.2) is 36.4 Å². The Kier molecular flexibility index (Phi) is 2.90. The van der Waals surface area contributed by atoms with Crippen LogP contribution in [0.2, 0.25) is 0 Å². The van der Waals surface area contributed by atoms with Gasteiger partial charge in [0.2, 0.25) is 0 Å². The average Bonchev–Trinajstić information content (AvgIpc) is 2.74. The summed E-state index contributed by atoms with van der Waals surface area (Å²) in [7, 11) is 0. The molecule has 0 aliphatic rings. The summed E-state index contributed by atoms with van der Waals surface area (Å²) in [5.41, 5.74) is 3.23. The van der Waals surface area contributed by atoms with Gasteiger partial charge in [-0.1, -0.05) is 52.0 Å². The number of thiophene rings is 1. The normalized spacial score (nSPS) is 12.4. The molecule has 0 atom stereocenters. The van der Waals surface area contributed by atoms with Gasteiger partial charge in [0.25, 0.3) is 0 Å². The van der Waals surface area contributed by atoms with E-state index in [2.05, 4.69) is 64.1 Å². The molecule has 0 bridgehead atoms. The van der Waals surface area contributed by atoms with Crippen molar-refractivity contribution in [3.05, 3.63) is 47.5 Å². The van der Waals surface area contributed by atoms with Gasteiger partial charge in [0.1, 0.15) is 0 Å². The van der Waals surface area contributed by atoms with Crippen LogP contribution in [-0.4, -0.2) is 0 Å². The summed E-state index contributed by atoms with van der Waals surface area (Å²) >= 11 is 1.91. The average molecular weight is 268 g/mol. The van der Waals surface area contributed by atoms with Crippen LogP contribution >= 0.6 is 11.3 Å². The molecule has 0 aliphatic carbocycles. The van der Waals surface area contributed by atoms with Gasteiger partial charge in [-0.05, 0) is 35.1 Å². The Bertz CT molecular complexity index is 741. The minimum Gasteiger partial charge on any atom is -0.135 e. The summed E-state index contributed by atoms with van der Waals surface area (Å²) in [5, 5.41) is 2.90. The van der Waals surface area contributed by atoms with Gasteiger partial charge >= 0.3 is 0 Å². The quantitative estimate of drug-likeness (QED) is 0.514. The van der Waals surface area contributed by atoms with Crippen molar-refractivity contribution in [3.8, 4) is 0 Å². The number of fused-ring (bicyclic) bond motifs is 3. The van der Waals surface area contributed by atoms with Crippen molar-refractivity contribution < 1.29 is 0 Å². The van der Waals surface area contributed by atoms with E-state index in [9.17, 15) is 0 Å². The molecule has 0 saturated heterocycles. The zero-order valence-electron chi connectivity index (χ0n) is 12.1. The lowest BCUT2D eigenvalue weighted by atomic mass is 9.81. The van der Waals surface area contributed by atoms with E-state index in [1.54, 1.807) is 0 Å². The molecule has 0 radical (unpaired) electrons. The van der Waals surface area contributed by atoms with E-state index < -0.39 is 0 Å². The Balaban J connectivity index is 2.48. The fraction of sp³-hybridized carbons (Fsp3) is 0.333. The lowest BCUT2D eigenvalue weighted by Crippen LogP contribution is -2.14. The highest BCUT2D eigenvalue weighted by atomic mass is 32.1.